The molecule has 0 spiro atoms. The van der Waals surface area contributed by atoms with Crippen molar-refractivity contribution in [2.45, 2.75) is 0 Å². The van der Waals surface area contributed by atoms with Crippen LogP contribution in [0.25, 0.3) is 0 Å². The summed E-state index contributed by atoms with van der Waals surface area (Å²) in [6.07, 6.45) is 3.38. The minimum absolute atomic E-state index is 0.853. The quantitative estimate of drug-likeness (QED) is 0.498. The summed E-state index contributed by atoms with van der Waals surface area (Å²) in [5.41, 5.74) is 0. The number of nitrogens with zero attached hydrogens (tertiary/aromatic N) is 3. The molecule has 0 aliphatic rings. The summed E-state index contributed by atoms with van der Waals surface area (Å²) in [6.45, 7) is 0. The molecule has 1 aromatic heterocycles. The molecule has 0 bridgehead atoms. The van der Waals surface area contributed by atoms with Crippen molar-refractivity contribution >= 4 is 31.1 Å². The van der Waals surface area contributed by atoms with Gasteiger partial charge < -0.3 is 0 Å². The van der Waals surface area contributed by atoms with Crippen LogP contribution in [-0.4, -0.2) is 28.4 Å². The van der Waals surface area contributed by atoms with E-state index in [0.717, 1.165) is 4.66 Å². The van der Waals surface area contributed by atoms with Gasteiger partial charge in [-0.15, -0.1) is 0 Å². The van der Waals surface area contributed by atoms with E-state index in [4.69, 9.17) is 4.98 Å². The Morgan fingerprint density at radius 1 is 0.520 bits per heavy atom. The van der Waals surface area contributed by atoms with Gasteiger partial charge in [0.05, 0.1) is 0 Å². The zero-order chi connectivity index (χ0) is 17.0. The Labute approximate surface area is 149 Å². The molecule has 0 aliphatic heterocycles. The van der Waals surface area contributed by atoms with Crippen molar-refractivity contribution < 1.29 is 0 Å². The molecular weight excluding hydrogens is 367 g/mol. The molecule has 0 N–H and O–H groups in total. The van der Waals surface area contributed by atoms with Crippen molar-refractivity contribution in [2.24, 2.45) is 0 Å². The predicted molar refractivity (Wildman–Crippen MR) is 103 cm³/mol. The van der Waals surface area contributed by atoms with E-state index in [1.165, 1.54) is 13.2 Å². The molecule has 0 aliphatic carbocycles. The van der Waals surface area contributed by atoms with E-state index < -0.39 is 13.3 Å². The molecule has 4 heteroatoms. The Kier molecular flexibility index (Phi) is 4.40. The molecule has 3 aromatic carbocycles. The molecule has 3 nitrogen and oxygen atoms in total. The summed E-state index contributed by atoms with van der Waals surface area (Å²) in [6, 6.07) is 32.0. The topological polar surface area (TPSA) is 38.7 Å². The third kappa shape index (κ3) is 2.77. The van der Waals surface area contributed by atoms with Gasteiger partial charge in [0.2, 0.25) is 0 Å². The number of rotatable bonds is 4. The van der Waals surface area contributed by atoms with Gasteiger partial charge in [-0.3, -0.25) is 0 Å². The van der Waals surface area contributed by atoms with Crippen LogP contribution >= 0.6 is 0 Å². The van der Waals surface area contributed by atoms with Crippen molar-refractivity contribution in [3.05, 3.63) is 103 Å². The molecule has 4 rings (SSSR count). The van der Waals surface area contributed by atoms with Crippen molar-refractivity contribution in [1.29, 1.82) is 0 Å². The van der Waals surface area contributed by atoms with Gasteiger partial charge in [-0.05, 0) is 0 Å². The van der Waals surface area contributed by atoms with Crippen LogP contribution in [0.3, 0.4) is 0 Å². The average molecular weight is 384 g/mol. The second-order valence-electron chi connectivity index (χ2n) is 5.81. The van der Waals surface area contributed by atoms with E-state index in [2.05, 4.69) is 101 Å². The molecule has 0 atom stereocenters. The second kappa shape index (κ2) is 6.99. The van der Waals surface area contributed by atoms with Gasteiger partial charge in [-0.1, -0.05) is 0 Å². The summed E-state index contributed by atoms with van der Waals surface area (Å²) in [5, 5.41) is 8.66. The van der Waals surface area contributed by atoms with E-state index in [1.807, 2.05) is 0 Å². The zero-order valence-corrected chi connectivity index (χ0v) is 15.8. The molecule has 120 valence electrons. The Morgan fingerprint density at radius 2 is 0.960 bits per heavy atom. The van der Waals surface area contributed by atoms with Gasteiger partial charge in [-0.2, -0.15) is 0 Å². The maximum atomic E-state index is 4.69. The second-order valence-corrected chi connectivity index (χ2v) is 13.5. The number of hydrogen-bond donors (Lipinski definition) is 0. The van der Waals surface area contributed by atoms with Crippen LogP contribution in [0.2, 0.25) is 0 Å². The van der Waals surface area contributed by atoms with E-state index >= 15 is 0 Å². The van der Waals surface area contributed by atoms with Gasteiger partial charge in [0, 0.05) is 0 Å². The van der Waals surface area contributed by atoms with Crippen LogP contribution in [0.5, 0.6) is 0 Å². The molecule has 0 unspecified atom stereocenters. The summed E-state index contributed by atoms with van der Waals surface area (Å²) in [7, 11) is 0. The van der Waals surface area contributed by atoms with Gasteiger partial charge in [-0.25, -0.2) is 0 Å². The van der Waals surface area contributed by atoms with E-state index in [0.29, 0.717) is 0 Å². The fraction of sp³-hybridized carbons (Fsp3) is 0. The molecule has 1 heterocycles. The van der Waals surface area contributed by atoms with Gasteiger partial charge in [0.15, 0.2) is 0 Å². The molecule has 0 saturated heterocycles. The van der Waals surface area contributed by atoms with Crippen molar-refractivity contribution in [2.75, 3.05) is 0 Å². The first kappa shape index (κ1) is 15.7. The number of benzene rings is 3. The average Bonchev–Trinajstić information content (AvgIpc) is 2.72. The first-order valence-electron chi connectivity index (χ1n) is 8.23. The molecule has 0 saturated carbocycles. The molecule has 25 heavy (non-hydrogen) atoms. The molecule has 0 amide bonds. The normalized spacial score (nSPS) is 11.2. The fourth-order valence-electron chi connectivity index (χ4n) is 3.37. The van der Waals surface area contributed by atoms with E-state index in [-0.39, 0.29) is 0 Å². The van der Waals surface area contributed by atoms with Crippen LogP contribution in [0.15, 0.2) is 103 Å². The summed E-state index contributed by atoms with van der Waals surface area (Å²) >= 11 is -3.27. The zero-order valence-electron chi connectivity index (χ0n) is 13.7. The predicted octanol–water partition coefficient (Wildman–Crippen LogP) is 1.25. The van der Waals surface area contributed by atoms with Gasteiger partial charge >= 0.3 is 150 Å². The minimum atomic E-state index is -3.27. The number of hydrogen-bond acceptors (Lipinski definition) is 3. The first-order chi connectivity index (χ1) is 12.4. The van der Waals surface area contributed by atoms with Crippen molar-refractivity contribution in [1.82, 2.24) is 15.2 Å². The number of aromatic nitrogens is 3. The Morgan fingerprint density at radius 3 is 1.32 bits per heavy atom. The Balaban J connectivity index is 2.13. The summed E-state index contributed by atoms with van der Waals surface area (Å²) < 4.78 is 4.75. The van der Waals surface area contributed by atoms with Gasteiger partial charge in [0.1, 0.15) is 0 Å². The Bertz CT molecular complexity index is 766. The SMILES string of the molecule is c1cc[c]([Ge]([c]2ccccc2)([c]2ccccc2)[c]2nccnn2)cc1. The van der Waals surface area contributed by atoms with Crippen LogP contribution in [0.4, 0.5) is 0 Å². The van der Waals surface area contributed by atoms with E-state index in [1.54, 1.807) is 12.4 Å². The van der Waals surface area contributed by atoms with Gasteiger partial charge in [0.25, 0.3) is 0 Å². The Hall–Kier alpha value is -2.79. The van der Waals surface area contributed by atoms with Crippen LogP contribution < -0.4 is 17.8 Å². The monoisotopic (exact) mass is 385 g/mol. The standard InChI is InChI=1S/C21H17GeN3/c1-4-10-18(11-5-1)22(19-12-6-2-7-13-19,20-14-8-3-9-15-20)21-23-16-17-24-25-21/h1-17H. The molecule has 4 aromatic rings. The fourth-order valence-corrected chi connectivity index (χ4v) is 12.5. The summed E-state index contributed by atoms with van der Waals surface area (Å²) in [4.78, 5) is 4.69. The van der Waals surface area contributed by atoms with Crippen LogP contribution in [0, 0.1) is 0 Å². The molecule has 0 fully saturated rings. The van der Waals surface area contributed by atoms with Crippen molar-refractivity contribution in [3.63, 3.8) is 0 Å². The molecular formula is C21H17GeN3. The van der Waals surface area contributed by atoms with Crippen molar-refractivity contribution in [3.8, 4) is 0 Å². The van der Waals surface area contributed by atoms with Crippen LogP contribution in [-0.2, 0) is 0 Å². The first-order valence-corrected chi connectivity index (χ1v) is 12.4. The summed E-state index contributed by atoms with van der Waals surface area (Å²) in [5.74, 6) is 0. The van der Waals surface area contributed by atoms with Crippen LogP contribution in [0.1, 0.15) is 0 Å². The third-order valence-electron chi connectivity index (χ3n) is 4.44. The third-order valence-corrected chi connectivity index (χ3v) is 13.9. The molecule has 0 radical (unpaired) electrons. The van der Waals surface area contributed by atoms with E-state index in [9.17, 15) is 0 Å². The maximum absolute atomic E-state index is 4.69.